The lowest BCUT2D eigenvalue weighted by Gasteiger charge is -2.12. The molecule has 0 bridgehead atoms. The highest BCUT2D eigenvalue weighted by Gasteiger charge is 2.20. The Morgan fingerprint density at radius 1 is 1.11 bits per heavy atom. The van der Waals surface area contributed by atoms with Crippen molar-refractivity contribution >= 4 is 44.8 Å². The second-order valence-corrected chi connectivity index (χ2v) is 8.64. The zero-order valence-electron chi connectivity index (χ0n) is 14.2. The van der Waals surface area contributed by atoms with E-state index in [-0.39, 0.29) is 33.2 Å². The number of carbonyl (C=O) groups is 1. The van der Waals surface area contributed by atoms with Gasteiger partial charge < -0.3 is 10.1 Å². The Hall–Kier alpha value is -1.64. The fourth-order valence-corrected chi connectivity index (χ4v) is 4.35. The summed E-state index contributed by atoms with van der Waals surface area (Å²) in [5.41, 5.74) is 0.588. The maximum absolute atomic E-state index is 12.4. The van der Waals surface area contributed by atoms with E-state index in [4.69, 9.17) is 27.9 Å². The van der Waals surface area contributed by atoms with E-state index in [0.29, 0.717) is 12.3 Å². The molecule has 2 aromatic rings. The summed E-state index contributed by atoms with van der Waals surface area (Å²) in [5, 5.41) is 3.12. The smallest absolute Gasteiger partial charge is 0.258 e. The second-order valence-electron chi connectivity index (χ2n) is 6.06. The Kier molecular flexibility index (Phi) is 6.39. The van der Waals surface area contributed by atoms with Crippen LogP contribution < -0.4 is 10.0 Å². The van der Waals surface area contributed by atoms with Gasteiger partial charge in [-0.2, -0.15) is 0 Å². The van der Waals surface area contributed by atoms with Crippen molar-refractivity contribution in [1.82, 2.24) is 4.72 Å². The minimum atomic E-state index is -3.64. The number of nitrogens with one attached hydrogen (secondary N) is 2. The second kappa shape index (κ2) is 8.58. The first kappa shape index (κ1) is 20.1. The van der Waals surface area contributed by atoms with Gasteiger partial charge in [0, 0.05) is 18.8 Å². The first-order valence-electron chi connectivity index (χ1n) is 8.33. The van der Waals surface area contributed by atoms with E-state index in [1.807, 2.05) is 0 Å². The minimum Gasteiger partial charge on any atom is -0.377 e. The van der Waals surface area contributed by atoms with E-state index in [0.717, 1.165) is 12.8 Å². The summed E-state index contributed by atoms with van der Waals surface area (Å²) in [6.07, 6.45) is 1.70. The molecule has 0 aromatic heterocycles. The predicted octanol–water partition coefficient (Wildman–Crippen LogP) is 3.70. The predicted molar refractivity (Wildman–Crippen MR) is 105 cm³/mol. The molecule has 2 aromatic carbocycles. The molecule has 0 radical (unpaired) electrons. The van der Waals surface area contributed by atoms with Crippen molar-refractivity contribution in [3.8, 4) is 0 Å². The van der Waals surface area contributed by atoms with Crippen LogP contribution in [-0.4, -0.2) is 33.6 Å². The Labute approximate surface area is 167 Å². The molecule has 3 rings (SSSR count). The molecule has 0 unspecified atom stereocenters. The first-order valence-corrected chi connectivity index (χ1v) is 10.6. The van der Waals surface area contributed by atoms with Crippen LogP contribution in [0.15, 0.2) is 47.4 Å². The molecule has 1 aliphatic rings. The normalized spacial score (nSPS) is 17.0. The van der Waals surface area contributed by atoms with Crippen molar-refractivity contribution in [2.75, 3.05) is 18.5 Å². The van der Waals surface area contributed by atoms with E-state index >= 15 is 0 Å². The number of sulfonamides is 1. The summed E-state index contributed by atoms with van der Waals surface area (Å²) >= 11 is 12.0. The monoisotopic (exact) mass is 428 g/mol. The number of benzene rings is 2. The summed E-state index contributed by atoms with van der Waals surface area (Å²) in [4.78, 5) is 12.5. The molecule has 1 fully saturated rings. The Morgan fingerprint density at radius 3 is 2.37 bits per heavy atom. The van der Waals surface area contributed by atoms with Gasteiger partial charge in [0.05, 0.1) is 26.6 Å². The molecule has 1 atom stereocenters. The number of halogens is 2. The van der Waals surface area contributed by atoms with Crippen LogP contribution >= 0.6 is 23.2 Å². The maximum Gasteiger partial charge on any atom is 0.258 e. The van der Waals surface area contributed by atoms with Gasteiger partial charge in [-0.25, -0.2) is 13.1 Å². The van der Waals surface area contributed by atoms with Gasteiger partial charge in [-0.3, -0.25) is 4.79 Å². The van der Waals surface area contributed by atoms with Gasteiger partial charge in [-0.1, -0.05) is 29.3 Å². The van der Waals surface area contributed by atoms with Crippen molar-refractivity contribution < 1.29 is 17.9 Å². The highest BCUT2D eigenvalue weighted by atomic mass is 35.5. The van der Waals surface area contributed by atoms with Crippen LogP contribution in [0, 0.1) is 0 Å². The first-order chi connectivity index (χ1) is 12.9. The zero-order chi connectivity index (χ0) is 19.4. The third kappa shape index (κ3) is 5.00. The fourth-order valence-electron chi connectivity index (χ4n) is 2.72. The number of hydrogen-bond acceptors (Lipinski definition) is 4. The fraction of sp³-hybridized carbons (Fsp3) is 0.278. The van der Waals surface area contributed by atoms with Gasteiger partial charge in [-0.15, -0.1) is 0 Å². The van der Waals surface area contributed by atoms with Gasteiger partial charge in [0.25, 0.3) is 5.91 Å². The molecule has 9 heteroatoms. The van der Waals surface area contributed by atoms with Crippen molar-refractivity contribution in [1.29, 1.82) is 0 Å². The van der Waals surface area contributed by atoms with Crippen LogP contribution in [0.3, 0.4) is 0 Å². The van der Waals surface area contributed by atoms with Gasteiger partial charge >= 0.3 is 0 Å². The molecule has 1 amide bonds. The highest BCUT2D eigenvalue weighted by Crippen LogP contribution is 2.25. The summed E-state index contributed by atoms with van der Waals surface area (Å²) < 4.78 is 32.6. The molecule has 0 saturated carbocycles. The molecule has 0 spiro atoms. The summed E-state index contributed by atoms with van der Waals surface area (Å²) in [7, 11) is -3.64. The topological polar surface area (TPSA) is 84.5 Å². The van der Waals surface area contributed by atoms with Gasteiger partial charge in [-0.05, 0) is 49.2 Å². The molecule has 6 nitrogen and oxygen atoms in total. The quantitative estimate of drug-likeness (QED) is 0.734. The van der Waals surface area contributed by atoms with Crippen molar-refractivity contribution in [3.05, 3.63) is 58.1 Å². The molecule has 27 heavy (non-hydrogen) atoms. The Morgan fingerprint density at radius 2 is 1.78 bits per heavy atom. The van der Waals surface area contributed by atoms with Crippen molar-refractivity contribution in [3.63, 3.8) is 0 Å². The van der Waals surface area contributed by atoms with Crippen LogP contribution in [0.2, 0.25) is 10.0 Å². The number of rotatable bonds is 6. The van der Waals surface area contributed by atoms with Crippen molar-refractivity contribution in [2.45, 2.75) is 23.8 Å². The van der Waals surface area contributed by atoms with Crippen LogP contribution in [0.25, 0.3) is 0 Å². The molecule has 0 aliphatic carbocycles. The van der Waals surface area contributed by atoms with E-state index < -0.39 is 15.9 Å². The standard InChI is InChI=1S/C18H18Cl2N2O4S/c19-15-4-1-5-16(20)17(15)18(23)22-12-6-8-14(9-7-12)27(24,25)21-11-13-3-2-10-26-13/h1,4-9,13,21H,2-3,10-11H2,(H,22,23)/t13-/m1/s1. The SMILES string of the molecule is O=C(Nc1ccc(S(=O)(=O)NC[C@H]2CCCO2)cc1)c1c(Cl)cccc1Cl. The van der Waals surface area contributed by atoms with Gasteiger partial charge in [0.1, 0.15) is 0 Å². The molecule has 1 aliphatic heterocycles. The Balaban J connectivity index is 1.66. The van der Waals surface area contributed by atoms with Crippen LogP contribution in [-0.2, 0) is 14.8 Å². The van der Waals surface area contributed by atoms with Crippen molar-refractivity contribution in [2.24, 2.45) is 0 Å². The molecule has 2 N–H and O–H groups in total. The Bertz CT molecular complexity index is 907. The molecule has 144 valence electrons. The van der Waals surface area contributed by atoms with Gasteiger partial charge in [0.15, 0.2) is 0 Å². The lowest BCUT2D eigenvalue weighted by Crippen LogP contribution is -2.31. The van der Waals surface area contributed by atoms with E-state index in [1.54, 1.807) is 18.2 Å². The highest BCUT2D eigenvalue weighted by molar-refractivity contribution is 7.89. The van der Waals surface area contributed by atoms with Crippen LogP contribution in [0.4, 0.5) is 5.69 Å². The van der Waals surface area contributed by atoms with E-state index in [2.05, 4.69) is 10.0 Å². The number of ether oxygens (including phenoxy) is 1. The average Bonchev–Trinajstić information content (AvgIpc) is 3.14. The summed E-state index contributed by atoms with van der Waals surface area (Å²) in [6, 6.07) is 10.6. The lowest BCUT2D eigenvalue weighted by atomic mass is 10.2. The van der Waals surface area contributed by atoms with E-state index in [9.17, 15) is 13.2 Å². The largest absolute Gasteiger partial charge is 0.377 e. The van der Waals surface area contributed by atoms with Crippen LogP contribution in [0.1, 0.15) is 23.2 Å². The number of anilines is 1. The number of carbonyl (C=O) groups excluding carboxylic acids is 1. The zero-order valence-corrected chi connectivity index (χ0v) is 16.6. The van der Waals surface area contributed by atoms with Crippen LogP contribution in [0.5, 0.6) is 0 Å². The van der Waals surface area contributed by atoms with Gasteiger partial charge in [0.2, 0.25) is 10.0 Å². The molecular weight excluding hydrogens is 411 g/mol. The third-order valence-electron chi connectivity index (χ3n) is 4.14. The molecule has 1 saturated heterocycles. The third-order valence-corrected chi connectivity index (χ3v) is 6.21. The lowest BCUT2D eigenvalue weighted by molar-refractivity contribution is 0.102. The number of hydrogen-bond donors (Lipinski definition) is 2. The molecular formula is C18H18Cl2N2O4S. The van der Waals surface area contributed by atoms with E-state index in [1.165, 1.54) is 24.3 Å². The summed E-state index contributed by atoms with van der Waals surface area (Å²) in [5.74, 6) is -0.474. The maximum atomic E-state index is 12.4. The molecule has 1 heterocycles. The number of amides is 1. The average molecular weight is 429 g/mol. The summed E-state index contributed by atoms with van der Waals surface area (Å²) in [6.45, 7) is 0.905. The minimum absolute atomic E-state index is 0.0845.